The van der Waals surface area contributed by atoms with Crippen molar-refractivity contribution < 1.29 is 64.6 Å². The summed E-state index contributed by atoms with van der Waals surface area (Å²) in [7, 11) is 0. The average Bonchev–Trinajstić information content (AvgIpc) is 3.34. The van der Waals surface area contributed by atoms with E-state index in [1.54, 1.807) is 6.08 Å². The minimum Gasteiger partial charge on any atom is -0.394 e. The highest BCUT2D eigenvalue weighted by Gasteiger charge is 2.51. The van der Waals surface area contributed by atoms with Crippen LogP contribution in [0.15, 0.2) is 109 Å². The van der Waals surface area contributed by atoms with Gasteiger partial charge in [-0.15, -0.1) is 0 Å². The van der Waals surface area contributed by atoms with Gasteiger partial charge in [-0.05, 0) is 83.5 Å². The smallest absolute Gasteiger partial charge is 0.220 e. The number of allylic oxidation sites excluding steroid dienone is 17. The number of nitrogens with one attached hydrogen (secondary N) is 1. The molecule has 2 fully saturated rings. The zero-order valence-electron chi connectivity index (χ0n) is 40.8. The first-order chi connectivity index (χ1) is 33.1. The number of carbonyl (C=O) groups is 1. The molecule has 0 aromatic heterocycles. The maximum atomic E-state index is 13.1. The number of aliphatic hydroxyl groups excluding tert-OH is 8. The van der Waals surface area contributed by atoms with Crippen LogP contribution in [-0.2, 0) is 23.7 Å². The Morgan fingerprint density at radius 3 is 1.54 bits per heavy atom. The van der Waals surface area contributed by atoms with Crippen LogP contribution in [0.25, 0.3) is 0 Å². The highest BCUT2D eigenvalue weighted by Crippen LogP contribution is 2.30. The molecule has 0 radical (unpaired) electrons. The molecule has 9 N–H and O–H groups in total. The second-order valence-corrected chi connectivity index (χ2v) is 17.2. The monoisotopic (exact) mass is 958 g/mol. The summed E-state index contributed by atoms with van der Waals surface area (Å²) in [5, 5.41) is 86.3. The summed E-state index contributed by atoms with van der Waals surface area (Å²) in [6.07, 6.45) is 37.4. The molecule has 14 nitrogen and oxygen atoms in total. The maximum absolute atomic E-state index is 13.1. The molecule has 12 unspecified atom stereocenters. The van der Waals surface area contributed by atoms with Gasteiger partial charge in [0.25, 0.3) is 0 Å². The number of carbonyl (C=O) groups excluding carboxylic acids is 1. The normalized spacial score (nSPS) is 27.3. The Kier molecular flexibility index (Phi) is 35.2. The van der Waals surface area contributed by atoms with Crippen LogP contribution in [0.4, 0.5) is 0 Å². The van der Waals surface area contributed by atoms with E-state index in [4.69, 9.17) is 18.9 Å². The molecule has 2 aliphatic rings. The molecule has 0 saturated carbocycles. The van der Waals surface area contributed by atoms with Gasteiger partial charge in [0.15, 0.2) is 12.6 Å². The van der Waals surface area contributed by atoms with Crippen LogP contribution < -0.4 is 5.32 Å². The number of hydrogen-bond acceptors (Lipinski definition) is 13. The molecular formula is C54H87NO13. The lowest BCUT2D eigenvalue weighted by molar-refractivity contribution is -0.359. The lowest BCUT2D eigenvalue weighted by Crippen LogP contribution is -2.65. The first kappa shape index (κ1) is 60.8. The third-order valence-electron chi connectivity index (χ3n) is 11.5. The minimum absolute atomic E-state index is 0.217. The molecule has 0 aromatic carbocycles. The van der Waals surface area contributed by atoms with Crippen molar-refractivity contribution in [3.63, 3.8) is 0 Å². The molecule has 0 bridgehead atoms. The molecule has 2 aliphatic heterocycles. The molecule has 12 atom stereocenters. The Morgan fingerprint density at radius 1 is 0.544 bits per heavy atom. The Labute approximate surface area is 406 Å². The fourth-order valence-corrected chi connectivity index (χ4v) is 7.36. The zero-order valence-corrected chi connectivity index (χ0v) is 40.8. The Hall–Kier alpha value is -3.35. The van der Waals surface area contributed by atoms with Gasteiger partial charge in [0.1, 0.15) is 48.8 Å². The number of amides is 1. The summed E-state index contributed by atoms with van der Waals surface area (Å²) in [5.41, 5.74) is 0. The lowest BCUT2D eigenvalue weighted by atomic mass is 9.97. The number of ether oxygens (including phenoxy) is 4. The van der Waals surface area contributed by atoms with Gasteiger partial charge >= 0.3 is 0 Å². The first-order valence-corrected chi connectivity index (χ1v) is 25.1. The molecule has 0 spiro atoms. The van der Waals surface area contributed by atoms with Crippen molar-refractivity contribution in [1.29, 1.82) is 0 Å². The van der Waals surface area contributed by atoms with Crippen LogP contribution in [0.2, 0.25) is 0 Å². The summed E-state index contributed by atoms with van der Waals surface area (Å²) in [4.78, 5) is 13.1. The van der Waals surface area contributed by atoms with Gasteiger partial charge in [0, 0.05) is 6.42 Å². The number of rotatable bonds is 36. The Morgan fingerprint density at radius 2 is 1.01 bits per heavy atom. The van der Waals surface area contributed by atoms with Gasteiger partial charge in [0.05, 0.1) is 32.0 Å². The van der Waals surface area contributed by atoms with Crippen LogP contribution in [0, 0.1) is 0 Å². The van der Waals surface area contributed by atoms with Crippen molar-refractivity contribution >= 4 is 5.91 Å². The van der Waals surface area contributed by atoms with E-state index in [-0.39, 0.29) is 18.9 Å². The van der Waals surface area contributed by atoms with Crippen molar-refractivity contribution in [2.75, 3.05) is 19.8 Å². The van der Waals surface area contributed by atoms with Gasteiger partial charge in [-0.1, -0.05) is 149 Å². The topological polar surface area (TPSA) is 228 Å². The number of hydrogen-bond donors (Lipinski definition) is 9. The standard InChI is InChI=1S/C54H87NO13/c1-3-5-7-9-11-12-13-14-15-16-17-18-19-20-21-22-23-24-25-26-27-28-29-30-32-34-36-38-46(59)55-42(43(58)37-35-33-31-10-8-6-4-2)41-65-53-51(64)49(62)52(45(40-57)67-53)68-54-50(63)48(61)47(60)44(39-56)66-54/h5,7,11-12,14-15,17-18,20-21,23-24,26-27,29-30,35,37,42-45,47-54,56-58,60-64H,3-4,6,8-10,13,16,19,22,25,28,31-34,36,38-41H2,1-2H3,(H,55,59)/b7-5-,12-11-,15-14-,18-17-,21-20-,24-23-,27-26-,30-29-,37-35+. The van der Waals surface area contributed by atoms with E-state index in [0.717, 1.165) is 96.3 Å². The molecule has 68 heavy (non-hydrogen) atoms. The molecule has 2 saturated heterocycles. The van der Waals surface area contributed by atoms with Gasteiger partial charge in [0.2, 0.25) is 5.91 Å². The van der Waals surface area contributed by atoms with E-state index >= 15 is 0 Å². The van der Waals surface area contributed by atoms with Crippen LogP contribution in [-0.4, -0.2) is 140 Å². The molecule has 1 amide bonds. The van der Waals surface area contributed by atoms with Crippen LogP contribution in [0.3, 0.4) is 0 Å². The first-order valence-electron chi connectivity index (χ1n) is 25.1. The van der Waals surface area contributed by atoms with E-state index in [0.29, 0.717) is 6.42 Å². The molecule has 0 aliphatic carbocycles. The third-order valence-corrected chi connectivity index (χ3v) is 11.5. The van der Waals surface area contributed by atoms with Crippen molar-refractivity contribution in [3.05, 3.63) is 109 Å². The summed E-state index contributed by atoms with van der Waals surface area (Å²) >= 11 is 0. The van der Waals surface area contributed by atoms with E-state index in [2.05, 4.69) is 116 Å². The predicted octanol–water partition coefficient (Wildman–Crippen LogP) is 6.54. The fourth-order valence-electron chi connectivity index (χ4n) is 7.36. The lowest BCUT2D eigenvalue weighted by Gasteiger charge is -2.46. The summed E-state index contributed by atoms with van der Waals surface area (Å²) in [5.74, 6) is -0.293. The predicted molar refractivity (Wildman–Crippen MR) is 267 cm³/mol. The van der Waals surface area contributed by atoms with Crippen LogP contribution in [0.5, 0.6) is 0 Å². The molecule has 2 heterocycles. The third kappa shape index (κ3) is 26.0. The Balaban J connectivity index is 1.76. The van der Waals surface area contributed by atoms with E-state index in [9.17, 15) is 45.6 Å². The molecule has 386 valence electrons. The molecule has 14 heteroatoms. The van der Waals surface area contributed by atoms with Crippen molar-refractivity contribution in [2.24, 2.45) is 0 Å². The summed E-state index contributed by atoms with van der Waals surface area (Å²) in [6, 6.07) is -0.943. The molecule has 2 rings (SSSR count). The van der Waals surface area contributed by atoms with E-state index in [1.807, 2.05) is 6.08 Å². The highest BCUT2D eigenvalue weighted by molar-refractivity contribution is 5.76. The molecule has 0 aromatic rings. The van der Waals surface area contributed by atoms with Crippen molar-refractivity contribution in [2.45, 2.75) is 203 Å². The van der Waals surface area contributed by atoms with E-state index < -0.39 is 86.8 Å². The van der Waals surface area contributed by atoms with Crippen LogP contribution >= 0.6 is 0 Å². The van der Waals surface area contributed by atoms with E-state index in [1.165, 1.54) is 6.42 Å². The minimum atomic E-state index is -1.80. The van der Waals surface area contributed by atoms with Crippen molar-refractivity contribution in [1.82, 2.24) is 5.32 Å². The maximum Gasteiger partial charge on any atom is 0.220 e. The second-order valence-electron chi connectivity index (χ2n) is 17.2. The second kappa shape index (κ2) is 39.4. The summed E-state index contributed by atoms with van der Waals surface area (Å²) in [6.45, 7) is 2.53. The van der Waals surface area contributed by atoms with Gasteiger partial charge < -0.3 is 65.1 Å². The average molecular weight is 958 g/mol. The van der Waals surface area contributed by atoms with Gasteiger partial charge in [-0.3, -0.25) is 4.79 Å². The summed E-state index contributed by atoms with van der Waals surface area (Å²) < 4.78 is 22.6. The highest BCUT2D eigenvalue weighted by atomic mass is 16.7. The fraction of sp³-hybridized carbons (Fsp3) is 0.648. The largest absolute Gasteiger partial charge is 0.394 e. The Bertz CT molecular complexity index is 1550. The van der Waals surface area contributed by atoms with Gasteiger partial charge in [-0.2, -0.15) is 0 Å². The quantitative estimate of drug-likeness (QED) is 0.0241. The van der Waals surface area contributed by atoms with Crippen molar-refractivity contribution in [3.8, 4) is 0 Å². The van der Waals surface area contributed by atoms with Gasteiger partial charge in [-0.25, -0.2) is 0 Å². The SMILES string of the molecule is CC/C=C\C/C=C\C/C=C\C/C=C\C/C=C\C/C=C\C/C=C\C/C=C\CCCCC(=O)NC(COC1OC(CO)C(OC2OC(CO)C(O)C(O)C2O)C(O)C1O)C(O)/C=C/CCCCCCC. The zero-order chi connectivity index (χ0) is 49.6. The van der Waals surface area contributed by atoms with Crippen LogP contribution in [0.1, 0.15) is 129 Å². The number of unbranched alkanes of at least 4 members (excludes halogenated alkanes) is 7. The molecular weight excluding hydrogens is 871 g/mol. The number of aliphatic hydroxyl groups is 8.